The number of pyridine rings is 3. The SMILES string of the molecule is COc1cc2nccc(Oc3ccc(NC(=O)c4c(C)n(C)c(C)c(-c5ccco5)c4=O)cc3)c2nc1OC. The van der Waals surface area contributed by atoms with Crippen molar-refractivity contribution < 1.29 is 23.4 Å². The molecular formula is C29H26N4O6. The molecule has 1 amide bonds. The predicted molar refractivity (Wildman–Crippen MR) is 146 cm³/mol. The number of ether oxygens (including phenoxy) is 3. The average molecular weight is 527 g/mol. The molecule has 5 aromatic rings. The van der Waals surface area contributed by atoms with Crippen LogP contribution < -0.4 is 25.0 Å². The Labute approximate surface area is 223 Å². The summed E-state index contributed by atoms with van der Waals surface area (Å²) < 4.78 is 23.9. The Morgan fingerprint density at radius 3 is 2.44 bits per heavy atom. The van der Waals surface area contributed by atoms with Crippen LogP contribution in [0.5, 0.6) is 23.1 Å². The topological polar surface area (TPSA) is 118 Å². The molecule has 0 radical (unpaired) electrons. The van der Waals surface area contributed by atoms with Crippen LogP contribution >= 0.6 is 0 Å². The molecular weight excluding hydrogens is 500 g/mol. The Bertz CT molecular complexity index is 1740. The predicted octanol–water partition coefficient (Wildman–Crippen LogP) is 5.27. The smallest absolute Gasteiger partial charge is 0.261 e. The molecule has 0 saturated heterocycles. The minimum absolute atomic E-state index is 0.0496. The highest BCUT2D eigenvalue weighted by Crippen LogP contribution is 2.34. The molecule has 5 rings (SSSR count). The van der Waals surface area contributed by atoms with Crippen molar-refractivity contribution in [3.63, 3.8) is 0 Å². The molecule has 0 aliphatic rings. The molecule has 4 heterocycles. The van der Waals surface area contributed by atoms with Crippen LogP contribution in [0.15, 0.2) is 70.2 Å². The molecule has 4 aromatic heterocycles. The van der Waals surface area contributed by atoms with Gasteiger partial charge in [0.2, 0.25) is 5.43 Å². The number of nitrogens with zero attached hydrogens (tertiary/aromatic N) is 3. The van der Waals surface area contributed by atoms with Gasteiger partial charge < -0.3 is 28.5 Å². The second-order valence-electron chi connectivity index (χ2n) is 8.74. The summed E-state index contributed by atoms with van der Waals surface area (Å²) in [6.07, 6.45) is 3.11. The van der Waals surface area contributed by atoms with Crippen molar-refractivity contribution in [3.8, 4) is 34.5 Å². The number of anilines is 1. The molecule has 1 N–H and O–H groups in total. The molecule has 0 spiro atoms. The van der Waals surface area contributed by atoms with Gasteiger partial charge in [0.25, 0.3) is 11.8 Å². The van der Waals surface area contributed by atoms with Crippen LogP contribution in [-0.4, -0.2) is 34.7 Å². The van der Waals surface area contributed by atoms with Crippen molar-refractivity contribution in [3.05, 3.63) is 88.2 Å². The van der Waals surface area contributed by atoms with Crippen LogP contribution in [0.4, 0.5) is 5.69 Å². The Balaban J connectivity index is 1.40. The number of rotatable bonds is 7. The van der Waals surface area contributed by atoms with E-state index in [1.165, 1.54) is 20.5 Å². The van der Waals surface area contributed by atoms with Crippen LogP contribution in [0.2, 0.25) is 0 Å². The Hall–Kier alpha value is -5.12. The molecule has 10 nitrogen and oxygen atoms in total. The maximum absolute atomic E-state index is 13.4. The third-order valence-corrected chi connectivity index (χ3v) is 6.54. The van der Waals surface area contributed by atoms with E-state index in [2.05, 4.69) is 15.3 Å². The first kappa shape index (κ1) is 25.5. The van der Waals surface area contributed by atoms with Crippen molar-refractivity contribution >= 4 is 22.6 Å². The first-order valence-electron chi connectivity index (χ1n) is 12.0. The molecule has 1 aromatic carbocycles. The number of aromatic nitrogens is 3. The van der Waals surface area contributed by atoms with E-state index in [1.807, 2.05) is 18.5 Å². The zero-order valence-electron chi connectivity index (χ0n) is 22.1. The quantitative estimate of drug-likeness (QED) is 0.305. The van der Waals surface area contributed by atoms with Gasteiger partial charge in [0.15, 0.2) is 11.5 Å². The van der Waals surface area contributed by atoms with E-state index in [0.29, 0.717) is 62.6 Å². The molecule has 0 atom stereocenters. The average Bonchev–Trinajstić information content (AvgIpc) is 3.47. The molecule has 0 fully saturated rings. The van der Waals surface area contributed by atoms with Crippen molar-refractivity contribution in [2.75, 3.05) is 19.5 Å². The number of hydrogen-bond donors (Lipinski definition) is 1. The van der Waals surface area contributed by atoms with Crippen LogP contribution in [0.3, 0.4) is 0 Å². The Morgan fingerprint density at radius 1 is 1.00 bits per heavy atom. The molecule has 198 valence electrons. The van der Waals surface area contributed by atoms with Crippen LogP contribution in [0.25, 0.3) is 22.4 Å². The third-order valence-electron chi connectivity index (χ3n) is 6.54. The number of nitrogens with one attached hydrogen (secondary N) is 1. The van der Waals surface area contributed by atoms with Gasteiger partial charge in [0, 0.05) is 42.5 Å². The lowest BCUT2D eigenvalue weighted by Gasteiger charge is -2.16. The summed E-state index contributed by atoms with van der Waals surface area (Å²) >= 11 is 0. The molecule has 39 heavy (non-hydrogen) atoms. The number of carbonyl (C=O) groups excluding carboxylic acids is 1. The summed E-state index contributed by atoms with van der Waals surface area (Å²) in [6.45, 7) is 3.56. The van der Waals surface area contributed by atoms with Gasteiger partial charge in [-0.1, -0.05) is 0 Å². The van der Waals surface area contributed by atoms with Crippen LogP contribution in [0.1, 0.15) is 21.7 Å². The lowest BCUT2D eigenvalue weighted by molar-refractivity contribution is 0.102. The summed E-state index contributed by atoms with van der Waals surface area (Å²) in [6, 6.07) is 13.6. The highest BCUT2D eigenvalue weighted by molar-refractivity contribution is 6.05. The van der Waals surface area contributed by atoms with Gasteiger partial charge in [-0.2, -0.15) is 0 Å². The van der Waals surface area contributed by atoms with Gasteiger partial charge in [-0.05, 0) is 50.2 Å². The van der Waals surface area contributed by atoms with Crippen molar-refractivity contribution in [1.29, 1.82) is 0 Å². The number of amides is 1. The maximum atomic E-state index is 13.4. The van der Waals surface area contributed by atoms with E-state index < -0.39 is 5.91 Å². The van der Waals surface area contributed by atoms with Gasteiger partial charge in [-0.15, -0.1) is 0 Å². The number of carbonyl (C=O) groups is 1. The second kappa shape index (κ2) is 10.3. The van der Waals surface area contributed by atoms with E-state index in [-0.39, 0.29) is 11.0 Å². The van der Waals surface area contributed by atoms with E-state index in [1.54, 1.807) is 61.7 Å². The van der Waals surface area contributed by atoms with E-state index in [9.17, 15) is 9.59 Å². The summed E-state index contributed by atoms with van der Waals surface area (Å²) in [5, 5.41) is 2.82. The number of methoxy groups -OCH3 is 2. The van der Waals surface area contributed by atoms with E-state index in [4.69, 9.17) is 18.6 Å². The fourth-order valence-corrected chi connectivity index (χ4v) is 4.33. The highest BCUT2D eigenvalue weighted by Gasteiger charge is 2.23. The number of hydrogen-bond acceptors (Lipinski definition) is 8. The standard InChI is InChI=1S/C29H26N4O6/c1-16-24(21-7-6-14-38-21)27(34)25(17(2)33(16)3)28(35)31-18-8-10-19(11-9-18)39-22-12-13-30-20-15-23(36-4)29(37-5)32-26(20)22/h6-15H,1-5H3,(H,31,35). The molecule has 0 aliphatic heterocycles. The fraction of sp³-hybridized carbons (Fsp3) is 0.172. The van der Waals surface area contributed by atoms with Crippen molar-refractivity contribution in [2.45, 2.75) is 13.8 Å². The Morgan fingerprint density at radius 2 is 1.77 bits per heavy atom. The summed E-state index contributed by atoms with van der Waals surface area (Å²) in [4.78, 5) is 35.4. The normalized spacial score (nSPS) is 10.9. The lowest BCUT2D eigenvalue weighted by Crippen LogP contribution is -2.28. The fourth-order valence-electron chi connectivity index (χ4n) is 4.33. The number of benzene rings is 1. The molecule has 0 saturated carbocycles. The lowest BCUT2D eigenvalue weighted by atomic mass is 10.0. The largest absolute Gasteiger partial charge is 0.491 e. The van der Waals surface area contributed by atoms with E-state index in [0.717, 1.165) is 0 Å². The van der Waals surface area contributed by atoms with Crippen LogP contribution in [-0.2, 0) is 7.05 Å². The molecule has 0 aliphatic carbocycles. The summed E-state index contributed by atoms with van der Waals surface area (Å²) in [7, 11) is 4.84. The van der Waals surface area contributed by atoms with Gasteiger partial charge in [0.05, 0.1) is 31.6 Å². The van der Waals surface area contributed by atoms with Crippen molar-refractivity contribution in [1.82, 2.24) is 14.5 Å². The molecule has 0 bridgehead atoms. The van der Waals surface area contributed by atoms with Crippen molar-refractivity contribution in [2.24, 2.45) is 7.05 Å². The summed E-state index contributed by atoms with van der Waals surface area (Å²) in [5.41, 5.74) is 2.86. The monoisotopic (exact) mass is 526 g/mol. The zero-order chi connectivity index (χ0) is 27.7. The highest BCUT2D eigenvalue weighted by atomic mass is 16.5. The van der Waals surface area contributed by atoms with Crippen LogP contribution in [0, 0.1) is 13.8 Å². The molecule has 10 heteroatoms. The maximum Gasteiger partial charge on any atom is 0.261 e. The van der Waals surface area contributed by atoms with Gasteiger partial charge >= 0.3 is 0 Å². The first-order chi connectivity index (χ1) is 18.8. The number of furan rings is 1. The van der Waals surface area contributed by atoms with Gasteiger partial charge in [-0.3, -0.25) is 14.6 Å². The second-order valence-corrected chi connectivity index (χ2v) is 8.74. The summed E-state index contributed by atoms with van der Waals surface area (Å²) in [5.74, 6) is 1.66. The Kier molecular flexibility index (Phi) is 6.76. The minimum Gasteiger partial charge on any atom is -0.491 e. The zero-order valence-corrected chi connectivity index (χ0v) is 22.1. The number of fused-ring (bicyclic) bond motifs is 1. The van der Waals surface area contributed by atoms with Gasteiger partial charge in [0.1, 0.15) is 22.6 Å². The molecule has 0 unspecified atom stereocenters. The third kappa shape index (κ3) is 4.68. The van der Waals surface area contributed by atoms with Gasteiger partial charge in [-0.25, -0.2) is 4.98 Å². The minimum atomic E-state index is -0.514. The first-order valence-corrected chi connectivity index (χ1v) is 12.0. The van der Waals surface area contributed by atoms with E-state index >= 15 is 0 Å².